The zero-order valence-corrected chi connectivity index (χ0v) is 15.5. The van der Waals surface area contributed by atoms with Crippen molar-refractivity contribution in [3.8, 4) is 5.75 Å². The maximum absolute atomic E-state index is 13.0. The lowest BCUT2D eigenvalue weighted by Gasteiger charge is -2.10. The number of rotatable bonds is 5. The number of esters is 1. The number of nitrogens with zero attached hydrogens (tertiary/aromatic N) is 1. The highest BCUT2D eigenvalue weighted by atomic mass is 32.2. The molecule has 0 aliphatic carbocycles. The Morgan fingerprint density at radius 1 is 0.964 bits per heavy atom. The topological polar surface area (TPSA) is 104 Å². The molecule has 28 heavy (non-hydrogen) atoms. The number of carbonyl (C=O) groups excluding carboxylic acids is 1. The van der Waals surface area contributed by atoms with E-state index < -0.39 is 20.7 Å². The van der Waals surface area contributed by atoms with Gasteiger partial charge in [0.05, 0.1) is 20.3 Å². The summed E-state index contributed by atoms with van der Waals surface area (Å²) in [5.74, 6) is -0.515. The Hall–Kier alpha value is -3.52. The van der Waals surface area contributed by atoms with E-state index in [1.165, 1.54) is 24.3 Å². The fourth-order valence-corrected chi connectivity index (χ4v) is 4.03. The SMILES string of the molecule is Cc1cccc(OC(=O)c2ccccc2S(=O)(=O)c2ccc([N+](=O)[O-])cc2)c1. The maximum Gasteiger partial charge on any atom is 0.344 e. The van der Waals surface area contributed by atoms with Gasteiger partial charge in [0.2, 0.25) is 9.84 Å². The monoisotopic (exact) mass is 397 g/mol. The molecule has 0 aliphatic rings. The highest BCUT2D eigenvalue weighted by molar-refractivity contribution is 7.91. The van der Waals surface area contributed by atoms with Crippen molar-refractivity contribution < 1.29 is 22.9 Å². The summed E-state index contributed by atoms with van der Waals surface area (Å²) in [4.78, 5) is 22.3. The number of aryl methyl sites for hydroxylation is 1. The van der Waals surface area contributed by atoms with Crippen LogP contribution < -0.4 is 4.74 Å². The number of benzene rings is 3. The first-order valence-electron chi connectivity index (χ1n) is 8.16. The van der Waals surface area contributed by atoms with Gasteiger partial charge in [-0.15, -0.1) is 0 Å². The lowest BCUT2D eigenvalue weighted by atomic mass is 10.2. The van der Waals surface area contributed by atoms with Gasteiger partial charge in [0, 0.05) is 12.1 Å². The van der Waals surface area contributed by atoms with Gasteiger partial charge in [-0.3, -0.25) is 10.1 Å². The molecule has 142 valence electrons. The molecule has 7 nitrogen and oxygen atoms in total. The van der Waals surface area contributed by atoms with E-state index in [0.29, 0.717) is 5.75 Å². The summed E-state index contributed by atoms with van der Waals surface area (Å²) in [6, 6.07) is 16.9. The van der Waals surface area contributed by atoms with Gasteiger partial charge in [0.1, 0.15) is 5.75 Å². The van der Waals surface area contributed by atoms with E-state index >= 15 is 0 Å². The summed E-state index contributed by atoms with van der Waals surface area (Å²) in [7, 11) is -4.08. The van der Waals surface area contributed by atoms with Crippen molar-refractivity contribution in [2.24, 2.45) is 0 Å². The van der Waals surface area contributed by atoms with Crippen LogP contribution in [-0.4, -0.2) is 19.3 Å². The summed E-state index contributed by atoms with van der Waals surface area (Å²) >= 11 is 0. The molecule has 8 heteroatoms. The second-order valence-electron chi connectivity index (χ2n) is 5.96. The van der Waals surface area contributed by atoms with Crippen LogP contribution in [0, 0.1) is 17.0 Å². The Bertz CT molecular complexity index is 1150. The standard InChI is InChI=1S/C20H15NO6S/c1-14-5-4-6-16(13-14)27-20(22)18-7-2-3-8-19(18)28(25,26)17-11-9-15(10-12-17)21(23)24/h2-13H,1H3. The molecule has 0 N–H and O–H groups in total. The van der Waals surface area contributed by atoms with E-state index in [1.807, 2.05) is 13.0 Å². The summed E-state index contributed by atoms with van der Waals surface area (Å²) < 4.78 is 31.2. The minimum absolute atomic E-state index is 0.123. The Balaban J connectivity index is 1.98. The van der Waals surface area contributed by atoms with Gasteiger partial charge in [-0.1, -0.05) is 24.3 Å². The Labute approximate surface area is 161 Å². The van der Waals surface area contributed by atoms with Crippen LogP contribution in [0.1, 0.15) is 15.9 Å². The third-order valence-corrected chi connectivity index (χ3v) is 5.78. The number of ether oxygens (including phenoxy) is 1. The van der Waals surface area contributed by atoms with Crippen LogP contribution in [0.15, 0.2) is 82.6 Å². The van der Waals surface area contributed by atoms with Crippen LogP contribution in [-0.2, 0) is 9.84 Å². The lowest BCUT2D eigenvalue weighted by molar-refractivity contribution is -0.384. The smallest absolute Gasteiger partial charge is 0.344 e. The molecule has 0 fully saturated rings. The van der Waals surface area contributed by atoms with Crippen molar-refractivity contribution in [1.82, 2.24) is 0 Å². The van der Waals surface area contributed by atoms with E-state index in [0.717, 1.165) is 29.8 Å². The number of sulfone groups is 1. The number of nitro benzene ring substituents is 1. The Morgan fingerprint density at radius 2 is 1.64 bits per heavy atom. The van der Waals surface area contributed by atoms with Gasteiger partial charge in [0.25, 0.3) is 5.69 Å². The molecule has 0 spiro atoms. The van der Waals surface area contributed by atoms with Crippen LogP contribution in [0.5, 0.6) is 5.75 Å². The average molecular weight is 397 g/mol. The van der Waals surface area contributed by atoms with E-state index in [9.17, 15) is 23.3 Å². The van der Waals surface area contributed by atoms with Crippen molar-refractivity contribution in [2.75, 3.05) is 0 Å². The van der Waals surface area contributed by atoms with Crippen LogP contribution in [0.4, 0.5) is 5.69 Å². The summed E-state index contributed by atoms with van der Waals surface area (Å²) in [6.45, 7) is 1.84. The third-order valence-electron chi connectivity index (χ3n) is 3.95. The molecule has 0 amide bonds. The van der Waals surface area contributed by atoms with E-state index in [2.05, 4.69) is 0 Å². The van der Waals surface area contributed by atoms with Crippen molar-refractivity contribution in [1.29, 1.82) is 0 Å². The summed E-state index contributed by atoms with van der Waals surface area (Å²) in [6.07, 6.45) is 0. The lowest BCUT2D eigenvalue weighted by Crippen LogP contribution is -2.14. The fourth-order valence-electron chi connectivity index (χ4n) is 2.58. The Kier molecular flexibility index (Phi) is 5.23. The molecule has 0 heterocycles. The van der Waals surface area contributed by atoms with Gasteiger partial charge in [0.15, 0.2) is 0 Å². The molecule has 0 aliphatic heterocycles. The quantitative estimate of drug-likeness (QED) is 0.279. The van der Waals surface area contributed by atoms with Crippen molar-refractivity contribution in [2.45, 2.75) is 16.7 Å². The van der Waals surface area contributed by atoms with E-state index in [4.69, 9.17) is 4.74 Å². The molecule has 0 saturated carbocycles. The van der Waals surface area contributed by atoms with Crippen LogP contribution in [0.3, 0.4) is 0 Å². The second-order valence-corrected chi connectivity index (χ2v) is 7.87. The first-order valence-corrected chi connectivity index (χ1v) is 9.65. The zero-order chi connectivity index (χ0) is 20.3. The molecule has 0 aromatic heterocycles. The van der Waals surface area contributed by atoms with Gasteiger partial charge in [-0.05, 0) is 48.9 Å². The van der Waals surface area contributed by atoms with Crippen LogP contribution in [0.25, 0.3) is 0 Å². The first kappa shape index (κ1) is 19.2. The molecule has 3 aromatic rings. The first-order chi connectivity index (χ1) is 13.3. The number of carbonyl (C=O) groups is 1. The molecule has 0 saturated heterocycles. The predicted molar refractivity (Wildman–Crippen MR) is 101 cm³/mol. The molecule has 0 unspecified atom stereocenters. The van der Waals surface area contributed by atoms with Crippen LogP contribution >= 0.6 is 0 Å². The fraction of sp³-hybridized carbons (Fsp3) is 0.0500. The van der Waals surface area contributed by atoms with Gasteiger partial charge in [-0.25, -0.2) is 13.2 Å². The molecular weight excluding hydrogens is 382 g/mol. The molecule has 3 aromatic carbocycles. The molecule has 3 rings (SSSR count). The molecule has 0 radical (unpaired) electrons. The van der Waals surface area contributed by atoms with Gasteiger partial charge < -0.3 is 4.74 Å². The van der Waals surface area contributed by atoms with Crippen molar-refractivity contribution in [3.05, 3.63) is 94.0 Å². The van der Waals surface area contributed by atoms with Crippen LogP contribution in [0.2, 0.25) is 0 Å². The molecule has 0 bridgehead atoms. The summed E-state index contributed by atoms with van der Waals surface area (Å²) in [5, 5.41) is 10.8. The zero-order valence-electron chi connectivity index (χ0n) is 14.7. The predicted octanol–water partition coefficient (Wildman–Crippen LogP) is 3.96. The van der Waals surface area contributed by atoms with Gasteiger partial charge in [-0.2, -0.15) is 0 Å². The van der Waals surface area contributed by atoms with Gasteiger partial charge >= 0.3 is 5.97 Å². The second kappa shape index (κ2) is 7.61. The highest BCUT2D eigenvalue weighted by Gasteiger charge is 2.26. The summed E-state index contributed by atoms with van der Waals surface area (Å²) in [5.41, 5.74) is 0.533. The van der Waals surface area contributed by atoms with Crippen molar-refractivity contribution in [3.63, 3.8) is 0 Å². The van der Waals surface area contributed by atoms with E-state index in [1.54, 1.807) is 18.2 Å². The minimum atomic E-state index is -4.08. The van der Waals surface area contributed by atoms with Crippen molar-refractivity contribution >= 4 is 21.5 Å². The van der Waals surface area contributed by atoms with E-state index in [-0.39, 0.29) is 21.0 Å². The number of non-ortho nitro benzene ring substituents is 1. The number of hydrogen-bond acceptors (Lipinski definition) is 6. The highest BCUT2D eigenvalue weighted by Crippen LogP contribution is 2.27. The molecular formula is C20H15NO6S. The third kappa shape index (κ3) is 3.91. The number of hydrogen-bond donors (Lipinski definition) is 0. The Morgan fingerprint density at radius 3 is 2.29 bits per heavy atom. The average Bonchev–Trinajstić information content (AvgIpc) is 2.68. The number of nitro groups is 1. The minimum Gasteiger partial charge on any atom is -0.423 e. The molecule has 0 atom stereocenters. The maximum atomic E-state index is 13.0. The largest absolute Gasteiger partial charge is 0.423 e. The normalized spacial score (nSPS) is 11.0.